The van der Waals surface area contributed by atoms with Crippen LogP contribution in [-0.2, 0) is 4.79 Å². The number of rotatable bonds is 5. The molecule has 0 spiro atoms. The lowest BCUT2D eigenvalue weighted by molar-refractivity contribution is -0.117. The number of nitrogens with zero attached hydrogens (tertiary/aromatic N) is 2. The van der Waals surface area contributed by atoms with E-state index in [1.54, 1.807) is 16.9 Å². The third-order valence-electron chi connectivity index (χ3n) is 3.72. The number of hydrogen-bond donors (Lipinski definition) is 2. The van der Waals surface area contributed by atoms with Crippen LogP contribution in [0.1, 0.15) is 48.0 Å². The van der Waals surface area contributed by atoms with Crippen LogP contribution in [0.3, 0.4) is 0 Å². The molecule has 1 saturated carbocycles. The Morgan fingerprint density at radius 1 is 1.35 bits per heavy atom. The van der Waals surface area contributed by atoms with Crippen molar-refractivity contribution in [3.8, 4) is 0 Å². The summed E-state index contributed by atoms with van der Waals surface area (Å²) in [7, 11) is 0. The van der Waals surface area contributed by atoms with Gasteiger partial charge < -0.3 is 10.6 Å². The summed E-state index contributed by atoms with van der Waals surface area (Å²) in [5.74, 6) is 0.689. The van der Waals surface area contributed by atoms with Crippen LogP contribution in [0.4, 0.5) is 10.8 Å². The van der Waals surface area contributed by atoms with Gasteiger partial charge in [0.25, 0.3) is 5.91 Å². The fraction of sp³-hybridized carbons (Fsp3) is 0.438. The van der Waals surface area contributed by atoms with Crippen molar-refractivity contribution in [2.24, 2.45) is 5.92 Å². The second-order valence-corrected chi connectivity index (χ2v) is 7.15. The summed E-state index contributed by atoms with van der Waals surface area (Å²) in [6.07, 6.45) is 3.59. The van der Waals surface area contributed by atoms with Gasteiger partial charge in [-0.15, -0.1) is 11.3 Å². The Morgan fingerprint density at radius 2 is 2.09 bits per heavy atom. The maximum absolute atomic E-state index is 12.5. The molecule has 6 nitrogen and oxygen atoms in total. The first-order chi connectivity index (χ1) is 11.0. The first-order valence-electron chi connectivity index (χ1n) is 7.72. The highest BCUT2D eigenvalue weighted by Gasteiger charge is 2.30. The molecule has 0 saturated heterocycles. The topological polar surface area (TPSA) is 76.0 Å². The quantitative estimate of drug-likeness (QED) is 0.880. The molecule has 2 aromatic rings. The van der Waals surface area contributed by atoms with Gasteiger partial charge >= 0.3 is 0 Å². The molecule has 3 rings (SSSR count). The molecule has 2 N–H and O–H groups in total. The van der Waals surface area contributed by atoms with E-state index in [1.807, 2.05) is 26.8 Å². The molecule has 0 unspecified atom stereocenters. The molecule has 2 aromatic heterocycles. The lowest BCUT2D eigenvalue weighted by Gasteiger charge is -2.11. The van der Waals surface area contributed by atoms with E-state index in [0.717, 1.165) is 23.4 Å². The second kappa shape index (κ2) is 6.16. The number of aryl methyl sites for hydroxylation is 1. The molecule has 1 fully saturated rings. The van der Waals surface area contributed by atoms with Gasteiger partial charge in [0.1, 0.15) is 5.82 Å². The third kappa shape index (κ3) is 3.44. The first kappa shape index (κ1) is 15.7. The van der Waals surface area contributed by atoms with Gasteiger partial charge in [-0.25, -0.2) is 4.68 Å². The van der Waals surface area contributed by atoms with E-state index in [-0.39, 0.29) is 23.8 Å². The Hall–Kier alpha value is -2.15. The maximum atomic E-state index is 12.5. The monoisotopic (exact) mass is 332 g/mol. The smallest absolute Gasteiger partial charge is 0.267 e. The molecule has 7 heteroatoms. The van der Waals surface area contributed by atoms with E-state index in [4.69, 9.17) is 0 Å². The van der Waals surface area contributed by atoms with Crippen molar-refractivity contribution >= 4 is 34.0 Å². The van der Waals surface area contributed by atoms with Gasteiger partial charge in [-0.3, -0.25) is 9.59 Å². The van der Waals surface area contributed by atoms with Crippen LogP contribution in [0.5, 0.6) is 0 Å². The minimum atomic E-state index is -0.179. The number of amides is 2. The van der Waals surface area contributed by atoms with Gasteiger partial charge in [0.05, 0.1) is 16.1 Å². The summed E-state index contributed by atoms with van der Waals surface area (Å²) < 4.78 is 1.76. The van der Waals surface area contributed by atoms with Gasteiger partial charge in [0.15, 0.2) is 0 Å². The van der Waals surface area contributed by atoms with E-state index in [0.29, 0.717) is 10.7 Å². The Bertz CT molecular complexity index is 743. The number of hydrogen-bond acceptors (Lipinski definition) is 4. The highest BCUT2D eigenvalue weighted by molar-refractivity contribution is 7.18. The van der Waals surface area contributed by atoms with Gasteiger partial charge in [-0.2, -0.15) is 5.10 Å². The summed E-state index contributed by atoms with van der Waals surface area (Å²) in [4.78, 5) is 24.9. The number of nitrogens with one attached hydrogen (secondary N) is 2. The third-order valence-corrected chi connectivity index (χ3v) is 4.87. The lowest BCUT2D eigenvalue weighted by Crippen LogP contribution is -2.16. The average Bonchev–Trinajstić information content (AvgIpc) is 3.13. The zero-order valence-electron chi connectivity index (χ0n) is 13.4. The molecule has 0 bridgehead atoms. The predicted octanol–water partition coefficient (Wildman–Crippen LogP) is 3.43. The molecule has 2 heterocycles. The largest absolute Gasteiger partial charge is 0.317 e. The summed E-state index contributed by atoms with van der Waals surface area (Å²) in [6, 6.07) is 3.79. The summed E-state index contributed by atoms with van der Waals surface area (Å²) in [5.41, 5.74) is 0.856. The van der Waals surface area contributed by atoms with Crippen LogP contribution in [0.25, 0.3) is 0 Å². The van der Waals surface area contributed by atoms with Crippen molar-refractivity contribution in [2.45, 2.75) is 39.7 Å². The Balaban J connectivity index is 1.73. The number of carbonyl (C=O) groups excluding carboxylic acids is 2. The average molecular weight is 332 g/mol. The van der Waals surface area contributed by atoms with Crippen molar-refractivity contribution in [1.82, 2.24) is 9.78 Å². The Labute approximate surface area is 138 Å². The SMILES string of the molecule is Cc1cc(NC(=O)C2CC2)sc1C(=O)Nc1ccnn1C(C)C. The van der Waals surface area contributed by atoms with Crippen molar-refractivity contribution in [3.05, 3.63) is 28.8 Å². The fourth-order valence-corrected chi connectivity index (χ4v) is 3.31. The van der Waals surface area contributed by atoms with Crippen molar-refractivity contribution in [2.75, 3.05) is 10.6 Å². The normalized spacial score (nSPS) is 14.1. The zero-order chi connectivity index (χ0) is 16.6. The van der Waals surface area contributed by atoms with Gasteiger partial charge in [0.2, 0.25) is 5.91 Å². The molecule has 0 aliphatic heterocycles. The number of aromatic nitrogens is 2. The summed E-state index contributed by atoms with van der Waals surface area (Å²) in [5, 5.41) is 10.7. The van der Waals surface area contributed by atoms with Crippen LogP contribution >= 0.6 is 11.3 Å². The second-order valence-electron chi connectivity index (χ2n) is 6.10. The van der Waals surface area contributed by atoms with E-state index >= 15 is 0 Å². The zero-order valence-corrected chi connectivity index (χ0v) is 14.2. The van der Waals surface area contributed by atoms with Crippen LogP contribution in [0.2, 0.25) is 0 Å². The van der Waals surface area contributed by atoms with Gasteiger partial charge in [-0.1, -0.05) is 0 Å². The molecule has 0 atom stereocenters. The molecule has 1 aliphatic carbocycles. The Kier molecular flexibility index (Phi) is 4.21. The molecule has 2 amide bonds. The van der Waals surface area contributed by atoms with Crippen molar-refractivity contribution < 1.29 is 9.59 Å². The highest BCUT2D eigenvalue weighted by Crippen LogP contribution is 2.33. The number of carbonyl (C=O) groups is 2. The molecule has 0 radical (unpaired) electrons. The number of thiophene rings is 1. The summed E-state index contributed by atoms with van der Waals surface area (Å²) >= 11 is 1.30. The molecule has 0 aromatic carbocycles. The van der Waals surface area contributed by atoms with Crippen molar-refractivity contribution in [1.29, 1.82) is 0 Å². The standard InChI is InChI=1S/C16H20N4O2S/c1-9(2)20-12(6-7-17-20)18-16(22)14-10(3)8-13(23-14)19-15(21)11-4-5-11/h6-9,11H,4-5H2,1-3H3,(H,18,22)(H,19,21). The van der Waals surface area contributed by atoms with E-state index in [9.17, 15) is 9.59 Å². The van der Waals surface area contributed by atoms with Gasteiger partial charge in [-0.05, 0) is 45.2 Å². The minimum absolute atomic E-state index is 0.0519. The highest BCUT2D eigenvalue weighted by atomic mass is 32.1. The maximum Gasteiger partial charge on any atom is 0.267 e. The fourth-order valence-electron chi connectivity index (χ4n) is 2.34. The van der Waals surface area contributed by atoms with Crippen LogP contribution in [-0.4, -0.2) is 21.6 Å². The van der Waals surface area contributed by atoms with E-state index in [2.05, 4.69) is 15.7 Å². The lowest BCUT2D eigenvalue weighted by atomic mass is 10.2. The minimum Gasteiger partial charge on any atom is -0.317 e. The first-order valence-corrected chi connectivity index (χ1v) is 8.53. The predicted molar refractivity (Wildman–Crippen MR) is 91.0 cm³/mol. The molecular weight excluding hydrogens is 312 g/mol. The van der Waals surface area contributed by atoms with Crippen molar-refractivity contribution in [3.63, 3.8) is 0 Å². The molecule has 1 aliphatic rings. The van der Waals surface area contributed by atoms with E-state index < -0.39 is 0 Å². The Morgan fingerprint density at radius 3 is 2.74 bits per heavy atom. The van der Waals surface area contributed by atoms with Crippen LogP contribution < -0.4 is 10.6 Å². The van der Waals surface area contributed by atoms with E-state index in [1.165, 1.54) is 11.3 Å². The van der Waals surface area contributed by atoms with Gasteiger partial charge in [0, 0.05) is 18.0 Å². The van der Waals surface area contributed by atoms with Crippen LogP contribution in [0.15, 0.2) is 18.3 Å². The molecule has 23 heavy (non-hydrogen) atoms. The molecular formula is C16H20N4O2S. The van der Waals surface area contributed by atoms with Crippen LogP contribution in [0, 0.1) is 12.8 Å². The number of anilines is 2. The molecule has 122 valence electrons. The summed E-state index contributed by atoms with van der Waals surface area (Å²) in [6.45, 7) is 5.88.